The van der Waals surface area contributed by atoms with Gasteiger partial charge in [-0.2, -0.15) is 0 Å². The number of aromatic hydroxyl groups is 1. The number of likely N-dealkylation sites (tertiary alicyclic amines) is 1. The number of aliphatic hydroxyl groups excluding tert-OH is 1. The van der Waals surface area contributed by atoms with Gasteiger partial charge < -0.3 is 14.9 Å². The number of halogens is 1. The highest BCUT2D eigenvalue weighted by atomic mass is 35.5. The quantitative estimate of drug-likeness (QED) is 0.521. The predicted octanol–water partition coefficient (Wildman–Crippen LogP) is 4.30. The number of phenolic OH excluding ortho intramolecular Hbond substituents is 1. The number of allylic oxidation sites excluding steroid dienone is 1. The summed E-state index contributed by atoms with van der Waals surface area (Å²) in [5.41, 5.74) is 1.80. The zero-order valence-corrected chi connectivity index (χ0v) is 17.2. The summed E-state index contributed by atoms with van der Waals surface area (Å²) in [7, 11) is 0. The first-order valence-electron chi connectivity index (χ1n) is 9.84. The molecule has 5 nitrogen and oxygen atoms in total. The molecule has 2 aromatic rings. The predicted molar refractivity (Wildman–Crippen MR) is 115 cm³/mol. The third-order valence-electron chi connectivity index (χ3n) is 5.01. The first-order chi connectivity index (χ1) is 14.0. The zero-order valence-electron chi connectivity index (χ0n) is 16.5. The lowest BCUT2D eigenvalue weighted by molar-refractivity contribution is 0.0788. The van der Waals surface area contributed by atoms with Gasteiger partial charge in [-0.15, -0.1) is 0 Å². The largest absolute Gasteiger partial charge is 0.507 e. The number of benzene rings is 2. The topological polar surface area (TPSA) is 70.0 Å². The third-order valence-corrected chi connectivity index (χ3v) is 5.36. The minimum Gasteiger partial charge on any atom is -0.507 e. The Morgan fingerprint density at radius 1 is 1.28 bits per heavy atom. The molecule has 0 aromatic heterocycles. The normalized spacial score (nSPS) is 15.7. The van der Waals surface area contributed by atoms with Gasteiger partial charge in [0.25, 0.3) is 0 Å². The Morgan fingerprint density at radius 3 is 2.69 bits per heavy atom. The number of ether oxygens (including phenoxy) is 1. The summed E-state index contributed by atoms with van der Waals surface area (Å²) in [6, 6.07) is 10.5. The number of nitrogens with zero attached hydrogens (tertiary/aromatic N) is 1. The molecule has 154 valence electrons. The summed E-state index contributed by atoms with van der Waals surface area (Å²) >= 11 is 6.13. The van der Waals surface area contributed by atoms with Gasteiger partial charge in [0.1, 0.15) is 11.5 Å². The van der Waals surface area contributed by atoms with Crippen LogP contribution in [0.15, 0.2) is 42.5 Å². The fourth-order valence-corrected chi connectivity index (χ4v) is 3.61. The number of hydrogen-bond donors (Lipinski definition) is 2. The van der Waals surface area contributed by atoms with E-state index in [2.05, 4.69) is 4.90 Å². The molecule has 0 bridgehead atoms. The molecule has 0 atom stereocenters. The van der Waals surface area contributed by atoms with Gasteiger partial charge in [0.15, 0.2) is 5.78 Å². The highest BCUT2D eigenvalue weighted by Crippen LogP contribution is 2.31. The average molecular weight is 416 g/mol. The summed E-state index contributed by atoms with van der Waals surface area (Å²) in [5.74, 6) is 0.156. The van der Waals surface area contributed by atoms with E-state index in [0.29, 0.717) is 23.9 Å². The molecule has 3 rings (SSSR count). The van der Waals surface area contributed by atoms with Crippen molar-refractivity contribution in [1.29, 1.82) is 0 Å². The third kappa shape index (κ3) is 5.60. The minimum absolute atomic E-state index is 0.111. The molecule has 1 aliphatic heterocycles. The van der Waals surface area contributed by atoms with Gasteiger partial charge in [-0.25, -0.2) is 0 Å². The lowest BCUT2D eigenvalue weighted by Gasteiger charge is -2.30. The monoisotopic (exact) mass is 415 g/mol. The number of carbonyl (C=O) groups excluding carboxylic acids is 1. The van der Waals surface area contributed by atoms with Crippen LogP contribution in [0.3, 0.4) is 0 Å². The van der Waals surface area contributed by atoms with Crippen LogP contribution in [0, 0.1) is 0 Å². The van der Waals surface area contributed by atoms with E-state index in [1.807, 2.05) is 25.1 Å². The van der Waals surface area contributed by atoms with Gasteiger partial charge in [-0.1, -0.05) is 29.8 Å². The highest BCUT2D eigenvalue weighted by Gasteiger charge is 2.20. The van der Waals surface area contributed by atoms with Gasteiger partial charge in [0.2, 0.25) is 0 Å². The van der Waals surface area contributed by atoms with Gasteiger partial charge in [0.05, 0.1) is 18.3 Å². The second-order valence-corrected chi connectivity index (χ2v) is 7.54. The molecule has 1 fully saturated rings. The Morgan fingerprint density at radius 2 is 2.00 bits per heavy atom. The van der Waals surface area contributed by atoms with Crippen molar-refractivity contribution in [1.82, 2.24) is 4.90 Å². The van der Waals surface area contributed by atoms with Crippen LogP contribution in [0.25, 0.3) is 6.08 Å². The number of rotatable bonds is 7. The SMILES string of the molecule is CCOc1cc(O)c(C(=O)/C=C/c2ccccc2Cl)cc1CN1CCC(O)CC1. The number of piperidine rings is 1. The Balaban J connectivity index is 1.84. The fraction of sp³-hybridized carbons (Fsp3) is 0.348. The van der Waals surface area contributed by atoms with Crippen LogP contribution in [-0.2, 0) is 6.54 Å². The standard InChI is InChI=1S/C23H26ClNO4/c1-2-29-23-14-22(28)19(13-17(23)15-25-11-9-18(26)10-12-25)21(27)8-7-16-5-3-4-6-20(16)24/h3-8,13-14,18,26,28H,2,9-12,15H2,1H3/b8-7+. The van der Waals surface area contributed by atoms with Crippen LogP contribution in [0.5, 0.6) is 11.5 Å². The van der Waals surface area contributed by atoms with Crippen molar-refractivity contribution in [3.8, 4) is 11.5 Å². The average Bonchev–Trinajstić information content (AvgIpc) is 2.71. The molecule has 0 spiro atoms. The molecule has 2 aromatic carbocycles. The van der Waals surface area contributed by atoms with E-state index < -0.39 is 0 Å². The Kier molecular flexibility index (Phi) is 7.31. The molecule has 0 amide bonds. The van der Waals surface area contributed by atoms with Crippen LogP contribution in [-0.4, -0.2) is 46.7 Å². The number of phenols is 1. The molecular formula is C23H26ClNO4. The molecule has 2 N–H and O–H groups in total. The maximum atomic E-state index is 12.7. The second kappa shape index (κ2) is 9.92. The Labute approximate surface area is 176 Å². The molecule has 0 radical (unpaired) electrons. The molecule has 1 aliphatic rings. The van der Waals surface area contributed by atoms with Crippen molar-refractivity contribution in [3.63, 3.8) is 0 Å². The van der Waals surface area contributed by atoms with Crippen molar-refractivity contribution in [3.05, 3.63) is 64.2 Å². The van der Waals surface area contributed by atoms with Crippen molar-refractivity contribution >= 4 is 23.5 Å². The Bertz CT molecular complexity index is 888. The van der Waals surface area contributed by atoms with E-state index in [-0.39, 0.29) is 23.2 Å². The lowest BCUT2D eigenvalue weighted by Crippen LogP contribution is -2.35. The minimum atomic E-state index is -0.305. The number of ketones is 1. The van der Waals surface area contributed by atoms with E-state index in [4.69, 9.17) is 16.3 Å². The van der Waals surface area contributed by atoms with Crippen molar-refractivity contribution in [2.45, 2.75) is 32.4 Å². The van der Waals surface area contributed by atoms with Crippen molar-refractivity contribution in [2.75, 3.05) is 19.7 Å². The molecular weight excluding hydrogens is 390 g/mol. The summed E-state index contributed by atoms with van der Waals surface area (Å²) < 4.78 is 5.68. The van der Waals surface area contributed by atoms with Crippen molar-refractivity contribution in [2.24, 2.45) is 0 Å². The molecule has 29 heavy (non-hydrogen) atoms. The van der Waals surface area contributed by atoms with Crippen LogP contribution in [0.4, 0.5) is 0 Å². The molecule has 0 unspecified atom stereocenters. The second-order valence-electron chi connectivity index (χ2n) is 7.14. The van der Waals surface area contributed by atoms with Gasteiger partial charge in [-0.05, 0) is 49.6 Å². The first kappa shape index (κ1) is 21.4. The molecule has 0 aliphatic carbocycles. The fourth-order valence-electron chi connectivity index (χ4n) is 3.41. The summed E-state index contributed by atoms with van der Waals surface area (Å²) in [5, 5.41) is 20.7. The first-order valence-corrected chi connectivity index (χ1v) is 10.2. The lowest BCUT2D eigenvalue weighted by atomic mass is 10.0. The number of carbonyl (C=O) groups is 1. The smallest absolute Gasteiger partial charge is 0.189 e. The van der Waals surface area contributed by atoms with Gasteiger partial charge in [0, 0.05) is 36.3 Å². The molecule has 1 heterocycles. The maximum Gasteiger partial charge on any atom is 0.189 e. The number of hydrogen-bond acceptors (Lipinski definition) is 5. The van der Waals surface area contributed by atoms with Crippen LogP contribution in [0.2, 0.25) is 5.02 Å². The van der Waals surface area contributed by atoms with Crippen molar-refractivity contribution < 1.29 is 19.7 Å². The molecule has 0 saturated carbocycles. The molecule has 1 saturated heterocycles. The van der Waals surface area contributed by atoms with Gasteiger partial charge in [-0.3, -0.25) is 9.69 Å². The van der Waals surface area contributed by atoms with Crippen LogP contribution < -0.4 is 4.74 Å². The van der Waals surface area contributed by atoms with E-state index in [0.717, 1.165) is 37.1 Å². The summed E-state index contributed by atoms with van der Waals surface area (Å²) in [6.07, 6.45) is 4.27. The van der Waals surface area contributed by atoms with E-state index in [1.165, 1.54) is 12.1 Å². The molecule has 6 heteroatoms. The zero-order chi connectivity index (χ0) is 20.8. The Hall–Kier alpha value is -2.34. The van der Waals surface area contributed by atoms with E-state index in [1.54, 1.807) is 18.2 Å². The van der Waals surface area contributed by atoms with Crippen LogP contribution >= 0.6 is 11.6 Å². The maximum absolute atomic E-state index is 12.7. The summed E-state index contributed by atoms with van der Waals surface area (Å²) in [4.78, 5) is 14.9. The summed E-state index contributed by atoms with van der Waals surface area (Å²) in [6.45, 7) is 4.50. The highest BCUT2D eigenvalue weighted by molar-refractivity contribution is 6.32. The van der Waals surface area contributed by atoms with E-state index in [9.17, 15) is 15.0 Å². The number of aliphatic hydroxyl groups is 1. The van der Waals surface area contributed by atoms with E-state index >= 15 is 0 Å². The van der Waals surface area contributed by atoms with Crippen LogP contribution in [0.1, 0.15) is 41.3 Å². The van der Waals surface area contributed by atoms with Gasteiger partial charge >= 0.3 is 0 Å².